The lowest BCUT2D eigenvalue weighted by atomic mass is 10.2. The molecule has 1 N–H and O–H groups in total. The fourth-order valence-corrected chi connectivity index (χ4v) is 1.47. The van der Waals surface area contributed by atoms with Crippen molar-refractivity contribution < 1.29 is 0 Å². The highest BCUT2D eigenvalue weighted by molar-refractivity contribution is 5.65. The van der Waals surface area contributed by atoms with E-state index >= 15 is 0 Å². The maximum atomic E-state index is 8.93. The first-order valence-electron chi connectivity index (χ1n) is 4.97. The minimum absolute atomic E-state index is 0.594. The molecule has 0 amide bonds. The second-order valence-corrected chi connectivity index (χ2v) is 3.53. The Morgan fingerprint density at radius 1 is 1.31 bits per heavy atom. The van der Waals surface area contributed by atoms with E-state index in [0.717, 1.165) is 11.4 Å². The Morgan fingerprint density at radius 3 is 2.94 bits per heavy atom. The molecule has 0 fully saturated rings. The van der Waals surface area contributed by atoms with Gasteiger partial charge in [-0.15, -0.1) is 0 Å². The molecule has 3 nitrogen and oxygen atoms in total. The number of benzene rings is 1. The average Bonchev–Trinajstić information content (AvgIpc) is 2.30. The van der Waals surface area contributed by atoms with Crippen LogP contribution in [-0.2, 0) is 0 Å². The van der Waals surface area contributed by atoms with Crippen LogP contribution in [0.3, 0.4) is 0 Å². The number of aromatic nitrogens is 1. The first kappa shape index (κ1) is 10.2. The summed E-state index contributed by atoms with van der Waals surface area (Å²) in [5.41, 5.74) is 3.46. The minimum Gasteiger partial charge on any atom is -0.353 e. The van der Waals surface area contributed by atoms with E-state index in [1.807, 2.05) is 31.2 Å². The van der Waals surface area contributed by atoms with E-state index in [-0.39, 0.29) is 0 Å². The molecule has 3 heteroatoms. The lowest BCUT2D eigenvalue weighted by molar-refractivity contribution is 1.30. The van der Waals surface area contributed by atoms with Gasteiger partial charge in [0, 0.05) is 11.9 Å². The Kier molecular flexibility index (Phi) is 2.84. The lowest BCUT2D eigenvalue weighted by Gasteiger charge is -2.07. The van der Waals surface area contributed by atoms with Gasteiger partial charge in [0.1, 0.15) is 6.07 Å². The molecule has 0 bridgehead atoms. The maximum Gasteiger partial charge on any atom is 0.101 e. The van der Waals surface area contributed by atoms with Crippen molar-refractivity contribution in [2.45, 2.75) is 6.92 Å². The monoisotopic (exact) mass is 209 g/mol. The normalized spacial score (nSPS) is 9.50. The number of hydrogen-bond acceptors (Lipinski definition) is 3. The zero-order valence-corrected chi connectivity index (χ0v) is 8.94. The standard InChI is InChI=1S/C13H11N3/c1-10-3-2-4-12(7-10)16-13-9-15-6-5-11(13)8-14/h2-7,9,16H,1H3. The molecule has 0 aliphatic heterocycles. The number of nitrogens with zero attached hydrogens (tertiary/aromatic N) is 2. The second-order valence-electron chi connectivity index (χ2n) is 3.53. The molecule has 1 aromatic heterocycles. The first-order chi connectivity index (χ1) is 7.79. The molecule has 0 unspecified atom stereocenters. The zero-order chi connectivity index (χ0) is 11.4. The summed E-state index contributed by atoms with van der Waals surface area (Å²) in [4.78, 5) is 4.00. The van der Waals surface area contributed by atoms with Gasteiger partial charge in [0.15, 0.2) is 0 Å². The fourth-order valence-electron chi connectivity index (χ4n) is 1.47. The number of aryl methyl sites for hydroxylation is 1. The molecule has 2 rings (SSSR count). The van der Waals surface area contributed by atoms with Gasteiger partial charge in [-0.05, 0) is 30.7 Å². The molecule has 2 aromatic rings. The van der Waals surface area contributed by atoms with Crippen LogP contribution in [0.1, 0.15) is 11.1 Å². The summed E-state index contributed by atoms with van der Waals surface area (Å²) in [5, 5.41) is 12.1. The highest BCUT2D eigenvalue weighted by Gasteiger charge is 2.01. The molecular formula is C13H11N3. The van der Waals surface area contributed by atoms with Gasteiger partial charge in [0.25, 0.3) is 0 Å². The number of nitriles is 1. The Balaban J connectivity index is 2.31. The number of rotatable bonds is 2. The van der Waals surface area contributed by atoms with Crippen LogP contribution in [-0.4, -0.2) is 4.98 Å². The largest absolute Gasteiger partial charge is 0.353 e. The van der Waals surface area contributed by atoms with Crippen molar-refractivity contribution in [2.75, 3.05) is 5.32 Å². The van der Waals surface area contributed by atoms with Crippen molar-refractivity contribution in [3.05, 3.63) is 53.9 Å². The van der Waals surface area contributed by atoms with E-state index in [1.165, 1.54) is 5.56 Å². The molecule has 0 saturated heterocycles. The van der Waals surface area contributed by atoms with Gasteiger partial charge in [-0.2, -0.15) is 5.26 Å². The van der Waals surface area contributed by atoms with E-state index in [1.54, 1.807) is 18.5 Å². The third kappa shape index (κ3) is 2.18. The Hall–Kier alpha value is -2.34. The molecule has 0 spiro atoms. The average molecular weight is 209 g/mol. The second kappa shape index (κ2) is 4.45. The Morgan fingerprint density at radius 2 is 2.19 bits per heavy atom. The molecule has 0 aliphatic rings. The topological polar surface area (TPSA) is 48.7 Å². The van der Waals surface area contributed by atoms with Crippen LogP contribution in [0, 0.1) is 18.3 Å². The molecule has 78 valence electrons. The molecule has 0 atom stereocenters. The van der Waals surface area contributed by atoms with Gasteiger partial charge >= 0.3 is 0 Å². The summed E-state index contributed by atoms with van der Waals surface area (Å²) in [6, 6.07) is 11.8. The summed E-state index contributed by atoms with van der Waals surface area (Å²) < 4.78 is 0. The van der Waals surface area contributed by atoms with E-state index in [9.17, 15) is 0 Å². The Labute approximate surface area is 94.4 Å². The molecule has 16 heavy (non-hydrogen) atoms. The van der Waals surface area contributed by atoms with Gasteiger partial charge in [0.2, 0.25) is 0 Å². The predicted molar refractivity (Wildman–Crippen MR) is 63.4 cm³/mol. The van der Waals surface area contributed by atoms with Crippen molar-refractivity contribution >= 4 is 11.4 Å². The lowest BCUT2D eigenvalue weighted by Crippen LogP contribution is -1.94. The van der Waals surface area contributed by atoms with Crippen LogP contribution >= 0.6 is 0 Å². The molecule has 0 saturated carbocycles. The molecule has 0 radical (unpaired) electrons. The highest BCUT2D eigenvalue weighted by Crippen LogP contribution is 2.19. The van der Waals surface area contributed by atoms with E-state index < -0.39 is 0 Å². The van der Waals surface area contributed by atoms with Crippen LogP contribution in [0.15, 0.2) is 42.7 Å². The zero-order valence-electron chi connectivity index (χ0n) is 8.94. The van der Waals surface area contributed by atoms with Gasteiger partial charge in [0.05, 0.1) is 17.4 Å². The molecular weight excluding hydrogens is 198 g/mol. The molecule has 0 aliphatic carbocycles. The number of anilines is 2. The van der Waals surface area contributed by atoms with E-state index in [2.05, 4.69) is 16.4 Å². The van der Waals surface area contributed by atoms with Gasteiger partial charge < -0.3 is 5.32 Å². The van der Waals surface area contributed by atoms with E-state index in [4.69, 9.17) is 5.26 Å². The summed E-state index contributed by atoms with van der Waals surface area (Å²) in [6.45, 7) is 2.03. The Bertz CT molecular complexity index is 541. The molecule has 1 aromatic carbocycles. The third-order valence-electron chi connectivity index (χ3n) is 2.24. The van der Waals surface area contributed by atoms with Gasteiger partial charge in [-0.25, -0.2) is 0 Å². The number of hydrogen-bond donors (Lipinski definition) is 1. The van der Waals surface area contributed by atoms with Crippen molar-refractivity contribution in [1.82, 2.24) is 4.98 Å². The smallest absolute Gasteiger partial charge is 0.101 e. The van der Waals surface area contributed by atoms with Crippen LogP contribution < -0.4 is 5.32 Å². The summed E-state index contributed by atoms with van der Waals surface area (Å²) in [7, 11) is 0. The van der Waals surface area contributed by atoms with Gasteiger partial charge in [-0.3, -0.25) is 4.98 Å². The molecule has 1 heterocycles. The van der Waals surface area contributed by atoms with Crippen LogP contribution in [0.25, 0.3) is 0 Å². The van der Waals surface area contributed by atoms with Crippen molar-refractivity contribution in [3.63, 3.8) is 0 Å². The van der Waals surface area contributed by atoms with Crippen LogP contribution in [0.5, 0.6) is 0 Å². The fraction of sp³-hybridized carbons (Fsp3) is 0.0769. The minimum atomic E-state index is 0.594. The first-order valence-corrected chi connectivity index (χ1v) is 4.97. The number of nitrogens with one attached hydrogen (secondary N) is 1. The van der Waals surface area contributed by atoms with Gasteiger partial charge in [-0.1, -0.05) is 12.1 Å². The summed E-state index contributed by atoms with van der Waals surface area (Å²) >= 11 is 0. The highest BCUT2D eigenvalue weighted by atomic mass is 14.9. The van der Waals surface area contributed by atoms with E-state index in [0.29, 0.717) is 5.56 Å². The van der Waals surface area contributed by atoms with Crippen molar-refractivity contribution in [2.24, 2.45) is 0 Å². The van der Waals surface area contributed by atoms with Crippen LogP contribution in [0.4, 0.5) is 11.4 Å². The van der Waals surface area contributed by atoms with Crippen molar-refractivity contribution in [3.8, 4) is 6.07 Å². The maximum absolute atomic E-state index is 8.93. The third-order valence-corrected chi connectivity index (χ3v) is 2.24. The summed E-state index contributed by atoms with van der Waals surface area (Å²) in [6.07, 6.45) is 3.26. The quantitative estimate of drug-likeness (QED) is 0.827. The number of pyridine rings is 1. The van der Waals surface area contributed by atoms with Crippen LogP contribution in [0.2, 0.25) is 0 Å². The SMILES string of the molecule is Cc1cccc(Nc2cnccc2C#N)c1. The van der Waals surface area contributed by atoms with Crippen molar-refractivity contribution in [1.29, 1.82) is 5.26 Å². The summed E-state index contributed by atoms with van der Waals surface area (Å²) in [5.74, 6) is 0. The predicted octanol–water partition coefficient (Wildman–Crippen LogP) is 3.01.